The first-order valence-corrected chi connectivity index (χ1v) is 9.08. The minimum Gasteiger partial charge on any atom is -0.321 e. The number of Topliss-reactive ketones (excluding diaryl/α,β-unsaturated/α-hetero) is 1. The molecule has 2 aromatic carbocycles. The van der Waals surface area contributed by atoms with Crippen LogP contribution in [0, 0.1) is 6.92 Å². The highest BCUT2D eigenvalue weighted by molar-refractivity contribution is 7.94. The molecule has 0 aliphatic carbocycles. The molecule has 2 atom stereocenters. The first-order chi connectivity index (χ1) is 10.8. The van der Waals surface area contributed by atoms with Crippen LogP contribution in [0.1, 0.15) is 11.1 Å². The molecule has 0 saturated carbocycles. The van der Waals surface area contributed by atoms with E-state index in [1.54, 1.807) is 12.1 Å². The molecule has 0 bridgehead atoms. The lowest BCUT2D eigenvalue weighted by atomic mass is 10.0. The molecule has 0 aliphatic heterocycles. The van der Waals surface area contributed by atoms with Crippen molar-refractivity contribution in [1.82, 2.24) is 0 Å². The van der Waals surface area contributed by atoms with Gasteiger partial charge in [-0.1, -0.05) is 59.6 Å². The molecule has 0 radical (unpaired) electrons. The fraction of sp³-hybridized carbons (Fsp3) is 0.235. The Morgan fingerprint density at radius 3 is 2.22 bits per heavy atom. The normalized spacial score (nSPS) is 14.2. The molecule has 0 aliphatic rings. The summed E-state index contributed by atoms with van der Waals surface area (Å²) in [6.07, 6.45) is 0.242. The average Bonchev–Trinajstić information content (AvgIpc) is 2.54. The van der Waals surface area contributed by atoms with Crippen molar-refractivity contribution in [2.24, 2.45) is 5.73 Å². The molecule has 0 amide bonds. The quantitative estimate of drug-likeness (QED) is 0.811. The summed E-state index contributed by atoms with van der Waals surface area (Å²) in [7, 11) is -3.96. The Morgan fingerprint density at radius 2 is 1.65 bits per heavy atom. The smallest absolute Gasteiger partial charge is 0.202 e. The highest BCUT2D eigenvalue weighted by atomic mass is 35.5. The number of ketones is 1. The number of carbonyl (C=O) groups excluding carboxylic acids is 1. The summed E-state index contributed by atoms with van der Waals surface area (Å²) in [6, 6.07) is 14.4. The number of hydrogen-bond acceptors (Lipinski definition) is 4. The van der Waals surface area contributed by atoms with Gasteiger partial charge in [0.2, 0.25) is 9.84 Å². The summed E-state index contributed by atoms with van der Waals surface area (Å²) in [5.74, 6) is -0.698. The number of nitrogens with two attached hydrogens (primary N) is 1. The van der Waals surface area contributed by atoms with Crippen LogP contribution in [0.4, 0.5) is 0 Å². The minimum absolute atomic E-state index is 0.0170. The summed E-state index contributed by atoms with van der Waals surface area (Å²) in [6.45, 7) is 1.84. The van der Waals surface area contributed by atoms with Crippen LogP contribution in [0.3, 0.4) is 0 Å². The van der Waals surface area contributed by atoms with E-state index in [2.05, 4.69) is 0 Å². The molecular weight excluding hydrogens is 334 g/mol. The second-order valence-electron chi connectivity index (χ2n) is 5.37. The van der Waals surface area contributed by atoms with Crippen LogP contribution in [0.2, 0.25) is 0 Å². The van der Waals surface area contributed by atoms with Crippen molar-refractivity contribution in [3.8, 4) is 0 Å². The van der Waals surface area contributed by atoms with Gasteiger partial charge in [-0.15, -0.1) is 0 Å². The topological polar surface area (TPSA) is 77.2 Å². The van der Waals surface area contributed by atoms with Crippen LogP contribution >= 0.6 is 11.6 Å². The molecule has 0 heterocycles. The molecule has 23 heavy (non-hydrogen) atoms. The maximum Gasteiger partial charge on any atom is 0.202 e. The second kappa shape index (κ2) is 7.25. The third-order valence-corrected chi connectivity index (χ3v) is 6.13. The monoisotopic (exact) mass is 351 g/mol. The van der Waals surface area contributed by atoms with Crippen LogP contribution < -0.4 is 5.73 Å². The highest BCUT2D eigenvalue weighted by Gasteiger charge is 2.34. The van der Waals surface area contributed by atoms with Crippen molar-refractivity contribution in [3.05, 3.63) is 65.7 Å². The molecule has 1 unspecified atom stereocenters. The molecule has 6 heteroatoms. The summed E-state index contributed by atoms with van der Waals surface area (Å²) < 4.78 is 23.2. The molecule has 2 aromatic rings. The first-order valence-electron chi connectivity index (χ1n) is 7.10. The van der Waals surface area contributed by atoms with Gasteiger partial charge in [-0.05, 0) is 31.0 Å². The van der Waals surface area contributed by atoms with Crippen molar-refractivity contribution >= 4 is 27.2 Å². The maximum absolute atomic E-state index is 12.4. The van der Waals surface area contributed by atoms with Crippen LogP contribution in [0.5, 0.6) is 0 Å². The van der Waals surface area contributed by atoms with Gasteiger partial charge >= 0.3 is 0 Å². The van der Waals surface area contributed by atoms with E-state index in [9.17, 15) is 13.2 Å². The third kappa shape index (κ3) is 4.19. The summed E-state index contributed by atoms with van der Waals surface area (Å²) in [5.41, 5.74) is 7.62. The van der Waals surface area contributed by atoms with Crippen LogP contribution in [0.15, 0.2) is 59.5 Å². The molecule has 0 spiro atoms. The minimum atomic E-state index is -3.96. The third-order valence-electron chi connectivity index (χ3n) is 3.51. The molecular formula is C17H18ClNO3S. The van der Waals surface area contributed by atoms with Crippen LogP contribution in [-0.4, -0.2) is 25.0 Å². The average molecular weight is 352 g/mol. The van der Waals surface area contributed by atoms with Gasteiger partial charge in [0.15, 0.2) is 10.5 Å². The van der Waals surface area contributed by atoms with Gasteiger partial charge in [0, 0.05) is 0 Å². The van der Waals surface area contributed by atoms with Gasteiger partial charge in [0.1, 0.15) is 0 Å². The Hall–Kier alpha value is -1.69. The lowest BCUT2D eigenvalue weighted by Gasteiger charge is -2.15. The van der Waals surface area contributed by atoms with Gasteiger partial charge in [-0.3, -0.25) is 4.79 Å². The Morgan fingerprint density at radius 1 is 1.09 bits per heavy atom. The van der Waals surface area contributed by atoms with E-state index in [4.69, 9.17) is 17.3 Å². The fourth-order valence-electron chi connectivity index (χ4n) is 2.14. The number of aryl methyl sites for hydroxylation is 1. The van der Waals surface area contributed by atoms with Gasteiger partial charge in [-0.25, -0.2) is 8.42 Å². The standard InChI is InChI=1S/C17H18ClNO3S/c1-12-7-9-14(10-8-12)23(21,22)17(18)16(20)15(19)11-13-5-3-2-4-6-13/h2-10,15,17H,11,19H2,1H3/t15-,17?/m0/s1. The van der Waals surface area contributed by atoms with Crippen LogP contribution in [-0.2, 0) is 21.1 Å². The first kappa shape index (κ1) is 17.7. The highest BCUT2D eigenvalue weighted by Crippen LogP contribution is 2.21. The largest absolute Gasteiger partial charge is 0.321 e. The second-order valence-corrected chi connectivity index (χ2v) is 8.10. The number of hydrogen-bond donors (Lipinski definition) is 1. The van der Waals surface area contributed by atoms with Crippen LogP contribution in [0.25, 0.3) is 0 Å². The van der Waals surface area contributed by atoms with Crippen molar-refractivity contribution in [3.63, 3.8) is 0 Å². The summed E-state index contributed by atoms with van der Waals surface area (Å²) in [4.78, 5) is 12.3. The van der Waals surface area contributed by atoms with Gasteiger partial charge in [0.25, 0.3) is 0 Å². The fourth-order valence-corrected chi connectivity index (χ4v) is 3.84. The predicted octanol–water partition coefficient (Wildman–Crippen LogP) is 2.47. The molecule has 2 N–H and O–H groups in total. The Bertz CT molecular complexity index is 773. The SMILES string of the molecule is Cc1ccc(S(=O)(=O)C(Cl)C(=O)[C@@H](N)Cc2ccccc2)cc1. The van der Waals surface area contributed by atoms with Crippen molar-refractivity contribution < 1.29 is 13.2 Å². The van der Waals surface area contributed by atoms with Gasteiger partial charge < -0.3 is 5.73 Å². The van der Waals surface area contributed by atoms with Gasteiger partial charge in [0.05, 0.1) is 10.9 Å². The summed E-state index contributed by atoms with van der Waals surface area (Å²) >= 11 is 5.94. The molecule has 0 aromatic heterocycles. The molecule has 0 fully saturated rings. The number of benzene rings is 2. The van der Waals surface area contributed by atoms with Crippen molar-refractivity contribution in [2.75, 3.05) is 0 Å². The van der Waals surface area contributed by atoms with Gasteiger partial charge in [-0.2, -0.15) is 0 Å². The van der Waals surface area contributed by atoms with Crippen molar-refractivity contribution in [1.29, 1.82) is 0 Å². The number of alkyl halides is 1. The predicted molar refractivity (Wildman–Crippen MR) is 91.1 cm³/mol. The Labute approximate surface area is 141 Å². The van der Waals surface area contributed by atoms with E-state index in [1.807, 2.05) is 37.3 Å². The maximum atomic E-state index is 12.4. The summed E-state index contributed by atoms with van der Waals surface area (Å²) in [5, 5.41) is 0. The van der Waals surface area contributed by atoms with E-state index >= 15 is 0 Å². The molecule has 0 saturated heterocycles. The zero-order chi connectivity index (χ0) is 17.0. The zero-order valence-corrected chi connectivity index (χ0v) is 14.2. The number of sulfone groups is 1. The Kier molecular flexibility index (Phi) is 5.57. The van der Waals surface area contributed by atoms with E-state index in [-0.39, 0.29) is 11.3 Å². The van der Waals surface area contributed by atoms with E-state index in [1.165, 1.54) is 12.1 Å². The molecule has 2 rings (SSSR count). The lowest BCUT2D eigenvalue weighted by Crippen LogP contribution is -2.41. The van der Waals surface area contributed by atoms with Crippen molar-refractivity contribution in [2.45, 2.75) is 29.0 Å². The molecule has 122 valence electrons. The lowest BCUT2D eigenvalue weighted by molar-refractivity contribution is -0.118. The van der Waals surface area contributed by atoms with E-state index in [0.29, 0.717) is 0 Å². The number of halogens is 1. The van der Waals surface area contributed by atoms with E-state index < -0.39 is 26.4 Å². The Balaban J connectivity index is 2.16. The van der Waals surface area contributed by atoms with E-state index in [0.717, 1.165) is 11.1 Å². The number of rotatable bonds is 6. The molecule has 4 nitrogen and oxygen atoms in total. The number of carbonyl (C=O) groups is 1. The zero-order valence-electron chi connectivity index (χ0n) is 12.6.